The quantitative estimate of drug-likeness (QED) is 0.190. The van der Waals surface area contributed by atoms with Gasteiger partial charge in [-0.2, -0.15) is 8.42 Å². The van der Waals surface area contributed by atoms with Gasteiger partial charge in [-0.1, -0.05) is 12.1 Å². The first-order chi connectivity index (χ1) is 13.7. The van der Waals surface area contributed by atoms with Crippen molar-refractivity contribution in [1.29, 1.82) is 0 Å². The predicted octanol–water partition coefficient (Wildman–Crippen LogP) is 1.61. The van der Waals surface area contributed by atoms with E-state index in [0.29, 0.717) is 5.56 Å². The number of carbonyl (C=O) groups is 3. The second kappa shape index (κ2) is 10.9. The van der Waals surface area contributed by atoms with Gasteiger partial charge in [0.2, 0.25) is 5.54 Å². The zero-order chi connectivity index (χ0) is 23.2. The number of methoxy groups -OCH3 is 1. The maximum atomic E-state index is 12.7. The van der Waals surface area contributed by atoms with Crippen LogP contribution in [0.15, 0.2) is 24.3 Å². The minimum atomic E-state index is -4.47. The van der Waals surface area contributed by atoms with Crippen molar-refractivity contribution in [2.45, 2.75) is 45.3 Å². The molecule has 1 aromatic carbocycles. The molecule has 176 valence electrons. The standard InChI is InChI=1S/C18H26N2O9S.H3N/c1-6-28-15(22)18(14(21)27-5,19-16(23)29-17(2,3)4)11-12-7-9-13(10-8-12)20-30(24,25)26;/h7-10,20H,6,11H2,1-5H3,(H,19,23)(H,24,25,26);1H3. The molecule has 0 saturated heterocycles. The summed E-state index contributed by atoms with van der Waals surface area (Å²) < 4.78 is 47.4. The Hall–Kier alpha value is -2.90. The van der Waals surface area contributed by atoms with Crippen molar-refractivity contribution in [2.24, 2.45) is 0 Å². The first-order valence-corrected chi connectivity index (χ1v) is 10.3. The molecule has 0 saturated carbocycles. The molecule has 0 bridgehead atoms. The molecule has 0 heterocycles. The van der Waals surface area contributed by atoms with Gasteiger partial charge in [0.15, 0.2) is 0 Å². The third-order valence-electron chi connectivity index (χ3n) is 3.54. The predicted molar refractivity (Wildman–Crippen MR) is 111 cm³/mol. The van der Waals surface area contributed by atoms with E-state index in [1.807, 2.05) is 4.72 Å². The minimum Gasteiger partial charge on any atom is -0.467 e. The lowest BCUT2D eigenvalue weighted by Gasteiger charge is -2.31. The molecule has 1 aromatic rings. The van der Waals surface area contributed by atoms with Crippen LogP contribution in [-0.2, 0) is 40.5 Å². The number of alkyl carbamates (subject to hydrolysis) is 1. The molecule has 13 heteroatoms. The van der Waals surface area contributed by atoms with E-state index in [4.69, 9.17) is 18.8 Å². The Morgan fingerprint density at radius 2 is 1.61 bits per heavy atom. The lowest BCUT2D eigenvalue weighted by Crippen LogP contribution is -2.63. The fourth-order valence-electron chi connectivity index (χ4n) is 2.43. The molecule has 1 amide bonds. The molecular weight excluding hydrogens is 434 g/mol. The summed E-state index contributed by atoms with van der Waals surface area (Å²) in [5.74, 6) is -2.13. The first-order valence-electron chi connectivity index (χ1n) is 8.83. The first kappa shape index (κ1) is 28.1. The molecule has 0 spiro atoms. The Morgan fingerprint density at radius 1 is 1.06 bits per heavy atom. The number of amides is 1. The topological polar surface area (TPSA) is 192 Å². The Labute approximate surface area is 181 Å². The third-order valence-corrected chi connectivity index (χ3v) is 4.04. The molecule has 0 fully saturated rings. The van der Waals surface area contributed by atoms with Gasteiger partial charge >= 0.3 is 28.3 Å². The third kappa shape index (κ3) is 8.78. The molecular formula is C18H29N3O9S. The van der Waals surface area contributed by atoms with E-state index in [1.54, 1.807) is 20.8 Å². The lowest BCUT2D eigenvalue weighted by atomic mass is 9.90. The van der Waals surface area contributed by atoms with E-state index in [0.717, 1.165) is 7.11 Å². The highest BCUT2D eigenvalue weighted by molar-refractivity contribution is 7.87. The summed E-state index contributed by atoms with van der Waals surface area (Å²) in [6.07, 6.45) is -1.41. The average molecular weight is 464 g/mol. The van der Waals surface area contributed by atoms with Crippen LogP contribution in [0.25, 0.3) is 0 Å². The van der Waals surface area contributed by atoms with Crippen LogP contribution in [-0.4, -0.2) is 55.9 Å². The summed E-state index contributed by atoms with van der Waals surface area (Å²) in [4.78, 5) is 37.7. The van der Waals surface area contributed by atoms with E-state index < -0.39 is 39.5 Å². The largest absolute Gasteiger partial charge is 0.467 e. The van der Waals surface area contributed by atoms with Crippen molar-refractivity contribution < 1.29 is 41.6 Å². The Morgan fingerprint density at radius 3 is 2.03 bits per heavy atom. The smallest absolute Gasteiger partial charge is 0.409 e. The van der Waals surface area contributed by atoms with Crippen molar-refractivity contribution in [3.8, 4) is 0 Å². The zero-order valence-electron chi connectivity index (χ0n) is 18.1. The molecule has 1 unspecified atom stereocenters. The minimum absolute atomic E-state index is 0. The number of benzene rings is 1. The molecule has 1 rings (SSSR count). The van der Waals surface area contributed by atoms with E-state index in [1.165, 1.54) is 31.2 Å². The number of ether oxygens (including phenoxy) is 3. The number of nitrogens with one attached hydrogen (secondary N) is 2. The lowest BCUT2D eigenvalue weighted by molar-refractivity contribution is -0.164. The normalized spacial score (nSPS) is 13.1. The summed E-state index contributed by atoms with van der Waals surface area (Å²) in [6.45, 7) is 6.29. The van der Waals surface area contributed by atoms with Gasteiger partial charge in [-0.25, -0.2) is 14.4 Å². The number of carbonyl (C=O) groups excluding carboxylic acids is 3. The van der Waals surface area contributed by atoms with Gasteiger partial charge in [0.25, 0.3) is 0 Å². The van der Waals surface area contributed by atoms with Crippen molar-refractivity contribution in [3.63, 3.8) is 0 Å². The van der Waals surface area contributed by atoms with Crippen LogP contribution < -0.4 is 16.2 Å². The summed E-state index contributed by atoms with van der Waals surface area (Å²) in [5.41, 5.74) is -2.75. The highest BCUT2D eigenvalue weighted by atomic mass is 32.2. The summed E-state index contributed by atoms with van der Waals surface area (Å²) in [7, 11) is -3.42. The monoisotopic (exact) mass is 463 g/mol. The van der Waals surface area contributed by atoms with E-state index in [-0.39, 0.29) is 24.9 Å². The molecule has 0 aromatic heterocycles. The number of rotatable bonds is 8. The fourth-order valence-corrected chi connectivity index (χ4v) is 2.86. The second-order valence-electron chi connectivity index (χ2n) is 7.20. The number of hydrogen-bond donors (Lipinski definition) is 4. The number of anilines is 1. The van der Waals surface area contributed by atoms with Crippen LogP contribution in [0.3, 0.4) is 0 Å². The van der Waals surface area contributed by atoms with Gasteiger partial charge in [0.05, 0.1) is 19.4 Å². The molecule has 0 aliphatic carbocycles. The van der Waals surface area contributed by atoms with Gasteiger partial charge in [-0.05, 0) is 45.4 Å². The molecule has 0 aliphatic heterocycles. The van der Waals surface area contributed by atoms with Crippen molar-refractivity contribution in [3.05, 3.63) is 29.8 Å². The maximum Gasteiger partial charge on any atom is 0.409 e. The Balaban J connectivity index is 0.00000900. The van der Waals surface area contributed by atoms with Crippen molar-refractivity contribution in [1.82, 2.24) is 11.5 Å². The molecule has 0 aliphatic rings. The van der Waals surface area contributed by atoms with Gasteiger partial charge in [0.1, 0.15) is 5.60 Å². The zero-order valence-corrected chi connectivity index (χ0v) is 18.9. The second-order valence-corrected chi connectivity index (χ2v) is 8.35. The van der Waals surface area contributed by atoms with E-state index in [2.05, 4.69) is 5.32 Å². The Bertz CT molecular complexity index is 880. The van der Waals surface area contributed by atoms with Crippen LogP contribution in [0.2, 0.25) is 0 Å². The number of hydrogen-bond acceptors (Lipinski definition) is 9. The summed E-state index contributed by atoms with van der Waals surface area (Å²) >= 11 is 0. The summed E-state index contributed by atoms with van der Waals surface area (Å²) in [5, 5.41) is 2.26. The molecule has 0 radical (unpaired) electrons. The van der Waals surface area contributed by atoms with Crippen LogP contribution in [0, 0.1) is 0 Å². The number of esters is 2. The molecule has 31 heavy (non-hydrogen) atoms. The molecule has 1 atom stereocenters. The van der Waals surface area contributed by atoms with Crippen LogP contribution in [0.5, 0.6) is 0 Å². The molecule has 6 N–H and O–H groups in total. The van der Waals surface area contributed by atoms with Crippen molar-refractivity contribution >= 4 is 34.0 Å². The highest BCUT2D eigenvalue weighted by Gasteiger charge is 2.51. The van der Waals surface area contributed by atoms with Crippen LogP contribution in [0.1, 0.15) is 33.3 Å². The Kier molecular flexibility index (Phi) is 9.91. The van der Waals surface area contributed by atoms with Crippen LogP contribution >= 0.6 is 0 Å². The van der Waals surface area contributed by atoms with Gasteiger partial charge in [-0.15, -0.1) is 0 Å². The van der Waals surface area contributed by atoms with Gasteiger partial charge in [0, 0.05) is 6.42 Å². The fraction of sp³-hybridized carbons (Fsp3) is 0.500. The van der Waals surface area contributed by atoms with Gasteiger partial charge < -0.3 is 20.4 Å². The van der Waals surface area contributed by atoms with Crippen molar-refractivity contribution in [2.75, 3.05) is 18.4 Å². The SMILES string of the molecule is CCOC(=O)C(Cc1ccc(NS(=O)(=O)O)cc1)(NC(=O)OC(C)(C)C)C(=O)OC.N. The van der Waals surface area contributed by atoms with E-state index >= 15 is 0 Å². The summed E-state index contributed by atoms with van der Waals surface area (Å²) in [6, 6.07) is 5.37. The highest BCUT2D eigenvalue weighted by Crippen LogP contribution is 2.21. The molecule has 12 nitrogen and oxygen atoms in total. The van der Waals surface area contributed by atoms with Crippen LogP contribution in [0.4, 0.5) is 10.5 Å². The van der Waals surface area contributed by atoms with Gasteiger partial charge in [-0.3, -0.25) is 14.6 Å². The van der Waals surface area contributed by atoms with E-state index in [9.17, 15) is 22.8 Å². The maximum absolute atomic E-state index is 12.7. The average Bonchev–Trinajstić information content (AvgIpc) is 2.59.